The van der Waals surface area contributed by atoms with E-state index in [0.29, 0.717) is 5.69 Å². The summed E-state index contributed by atoms with van der Waals surface area (Å²) in [7, 11) is 0. The number of aromatic nitrogens is 4. The van der Waals surface area contributed by atoms with Gasteiger partial charge in [0.1, 0.15) is 5.21 Å². The molecule has 0 saturated heterocycles. The second-order valence-electron chi connectivity index (χ2n) is 2.59. The van der Waals surface area contributed by atoms with Crippen LogP contribution < -0.4 is 10.4 Å². The van der Waals surface area contributed by atoms with E-state index >= 15 is 0 Å². The monoisotopic (exact) mass is 207 g/mol. The Bertz CT molecular complexity index is 414. The first-order chi connectivity index (χ1) is 6.86. The van der Waals surface area contributed by atoms with E-state index in [1.54, 1.807) is 12.1 Å². The number of nitrogens with zero attached hydrogens (tertiary/aromatic N) is 3. The Balaban J connectivity index is 0.00000112. The number of anilines is 1. The van der Waals surface area contributed by atoms with Gasteiger partial charge in [0.25, 0.3) is 6.33 Å². The molecule has 0 fully saturated rings. The molecule has 0 aliphatic rings. The molecule has 0 aliphatic carbocycles. The van der Waals surface area contributed by atoms with Crippen molar-refractivity contribution in [3.8, 4) is 0 Å². The van der Waals surface area contributed by atoms with Gasteiger partial charge in [-0.25, -0.2) is 4.79 Å². The van der Waals surface area contributed by atoms with Gasteiger partial charge in [0, 0.05) is 5.69 Å². The molecular weight excluding hydrogens is 198 g/mol. The van der Waals surface area contributed by atoms with Crippen molar-refractivity contribution in [1.29, 1.82) is 0 Å². The Labute approximate surface area is 85.0 Å². The molecule has 0 unspecified atom stereocenters. The van der Waals surface area contributed by atoms with Gasteiger partial charge in [-0.15, -0.1) is 0 Å². The first kappa shape index (κ1) is 10.8. The Morgan fingerprint density at radius 3 is 2.67 bits per heavy atom. The highest BCUT2D eigenvalue weighted by molar-refractivity contribution is 5.89. The quantitative estimate of drug-likeness (QED) is 0.664. The summed E-state index contributed by atoms with van der Waals surface area (Å²) < 4.78 is 1.08. The van der Waals surface area contributed by atoms with Gasteiger partial charge >= 0.3 is 6.03 Å². The number of amides is 1. The van der Waals surface area contributed by atoms with Crippen LogP contribution in [0.5, 0.6) is 0 Å². The number of tetrazole rings is 1. The molecule has 0 atom stereocenters. The summed E-state index contributed by atoms with van der Waals surface area (Å²) in [5.74, 6) is 0. The molecule has 2 aromatic rings. The van der Waals surface area contributed by atoms with Crippen molar-refractivity contribution in [3.63, 3.8) is 0 Å². The molecule has 3 N–H and O–H groups in total. The van der Waals surface area contributed by atoms with Gasteiger partial charge in [0.2, 0.25) is 0 Å². The molecule has 7 heteroatoms. The number of hydrogen-bond donors (Lipinski definition) is 1. The number of hydrogen-bond acceptors (Lipinski definition) is 4. The molecule has 7 nitrogen and oxygen atoms in total. The van der Waals surface area contributed by atoms with Crippen LogP contribution in [-0.4, -0.2) is 26.6 Å². The van der Waals surface area contributed by atoms with E-state index in [1.807, 2.05) is 18.2 Å². The van der Waals surface area contributed by atoms with E-state index in [9.17, 15) is 4.79 Å². The van der Waals surface area contributed by atoms with E-state index in [4.69, 9.17) is 0 Å². The molecule has 1 amide bonds. The maximum Gasteiger partial charge on any atom is 0.422 e. The van der Waals surface area contributed by atoms with Gasteiger partial charge in [0.05, 0.1) is 0 Å². The van der Waals surface area contributed by atoms with Crippen LogP contribution in [0.1, 0.15) is 0 Å². The highest BCUT2D eigenvalue weighted by atomic mass is 16.2. The number of H-pyrrole nitrogens is 1. The minimum atomic E-state index is -0.357. The second-order valence-corrected chi connectivity index (χ2v) is 2.59. The van der Waals surface area contributed by atoms with Crippen LogP contribution in [0.3, 0.4) is 0 Å². The molecule has 1 aromatic carbocycles. The largest absolute Gasteiger partial charge is 0.870 e. The van der Waals surface area contributed by atoms with E-state index in [-0.39, 0.29) is 11.5 Å². The highest BCUT2D eigenvalue weighted by Crippen LogP contribution is 2.04. The van der Waals surface area contributed by atoms with Gasteiger partial charge in [-0.3, -0.25) is 5.32 Å². The third kappa shape index (κ3) is 2.58. The third-order valence-corrected chi connectivity index (χ3v) is 1.61. The fourth-order valence-electron chi connectivity index (χ4n) is 0.982. The molecule has 1 aromatic heterocycles. The standard InChI is InChI=1S/C8H7N5O.H2O/c14-8(13-6-9-11-12-13)10-7-4-2-1-3-5-7;/h1-6H,(H,10,14);1H2. The van der Waals surface area contributed by atoms with Crippen molar-refractivity contribution in [3.05, 3.63) is 36.7 Å². The zero-order chi connectivity index (χ0) is 9.80. The maximum atomic E-state index is 11.4. The fraction of sp³-hybridized carbons (Fsp3) is 0. The van der Waals surface area contributed by atoms with Crippen molar-refractivity contribution in [2.75, 3.05) is 5.32 Å². The summed E-state index contributed by atoms with van der Waals surface area (Å²) in [4.78, 5) is 11.4. The summed E-state index contributed by atoms with van der Waals surface area (Å²) in [5.41, 5.74) is 0.716. The number of aromatic amines is 1. The number of benzene rings is 1. The SMILES string of the molecule is O=C(Nc1ccccc1)n1c[nH+]nn1.[OH-]. The number of para-hydroxylation sites is 1. The van der Waals surface area contributed by atoms with Gasteiger partial charge in [0.15, 0.2) is 5.21 Å². The highest BCUT2D eigenvalue weighted by Gasteiger charge is 2.12. The van der Waals surface area contributed by atoms with Crippen LogP contribution in [0.2, 0.25) is 0 Å². The number of nitrogens with one attached hydrogen (secondary N) is 2. The number of rotatable bonds is 1. The predicted octanol–water partition coefficient (Wildman–Crippen LogP) is -0.00440. The molecule has 0 bridgehead atoms. The molecule has 0 radical (unpaired) electrons. The zero-order valence-electron chi connectivity index (χ0n) is 7.66. The van der Waals surface area contributed by atoms with E-state index in [0.717, 1.165) is 4.68 Å². The molecule has 0 saturated carbocycles. The normalized spacial score (nSPS) is 9.07. The lowest BCUT2D eigenvalue weighted by Crippen LogP contribution is -2.20. The number of carbonyl (C=O) groups is 1. The summed E-state index contributed by atoms with van der Waals surface area (Å²) in [5, 5.41) is 12.0. The molecule has 0 spiro atoms. The van der Waals surface area contributed by atoms with Crippen LogP contribution in [0.15, 0.2) is 36.7 Å². The summed E-state index contributed by atoms with van der Waals surface area (Å²) >= 11 is 0. The Hall–Kier alpha value is -2.28. The molecule has 2 rings (SSSR count). The average Bonchev–Trinajstić information content (AvgIpc) is 2.72. The fourth-order valence-corrected chi connectivity index (χ4v) is 0.982. The lowest BCUT2D eigenvalue weighted by molar-refractivity contribution is -0.456. The maximum absolute atomic E-state index is 11.4. The molecular formula is C8H9N5O2. The Morgan fingerprint density at radius 1 is 1.33 bits per heavy atom. The summed E-state index contributed by atoms with van der Waals surface area (Å²) in [6.07, 6.45) is 1.36. The first-order valence-corrected chi connectivity index (χ1v) is 4.01. The predicted molar refractivity (Wildman–Crippen MR) is 49.4 cm³/mol. The first-order valence-electron chi connectivity index (χ1n) is 4.01. The number of carbonyl (C=O) groups excluding carboxylic acids is 1. The van der Waals surface area contributed by atoms with Crippen LogP contribution in [0.25, 0.3) is 0 Å². The summed E-state index contributed by atoms with van der Waals surface area (Å²) in [6.45, 7) is 0. The van der Waals surface area contributed by atoms with Crippen LogP contribution in [0.4, 0.5) is 10.5 Å². The van der Waals surface area contributed by atoms with Gasteiger partial charge in [-0.05, 0) is 16.8 Å². The van der Waals surface area contributed by atoms with Crippen molar-refractivity contribution in [2.24, 2.45) is 0 Å². The minimum Gasteiger partial charge on any atom is -0.870 e. The van der Waals surface area contributed by atoms with Crippen LogP contribution >= 0.6 is 0 Å². The average molecular weight is 207 g/mol. The van der Waals surface area contributed by atoms with E-state index < -0.39 is 0 Å². The second kappa shape index (κ2) is 4.82. The smallest absolute Gasteiger partial charge is 0.422 e. The molecule has 0 aliphatic heterocycles. The van der Waals surface area contributed by atoms with Crippen LogP contribution in [-0.2, 0) is 0 Å². The van der Waals surface area contributed by atoms with Crippen LogP contribution in [0, 0.1) is 0 Å². The van der Waals surface area contributed by atoms with E-state index in [2.05, 4.69) is 20.8 Å². The van der Waals surface area contributed by atoms with Gasteiger partial charge in [-0.1, -0.05) is 18.2 Å². The lowest BCUT2D eigenvalue weighted by atomic mass is 10.3. The van der Waals surface area contributed by atoms with E-state index in [1.165, 1.54) is 6.33 Å². The molecule has 15 heavy (non-hydrogen) atoms. The van der Waals surface area contributed by atoms with Gasteiger partial charge in [-0.2, -0.15) is 5.10 Å². The third-order valence-electron chi connectivity index (χ3n) is 1.61. The molecule has 78 valence electrons. The summed E-state index contributed by atoms with van der Waals surface area (Å²) in [6, 6.07) is 8.77. The van der Waals surface area contributed by atoms with Crippen molar-refractivity contribution >= 4 is 11.7 Å². The zero-order valence-corrected chi connectivity index (χ0v) is 7.66. The van der Waals surface area contributed by atoms with Gasteiger partial charge < -0.3 is 5.48 Å². The van der Waals surface area contributed by atoms with Crippen molar-refractivity contribution in [1.82, 2.24) is 15.1 Å². The minimum absolute atomic E-state index is 0. The molecule has 1 heterocycles. The van der Waals surface area contributed by atoms with Crippen molar-refractivity contribution < 1.29 is 15.4 Å². The Kier molecular flexibility index (Phi) is 3.47. The van der Waals surface area contributed by atoms with Crippen molar-refractivity contribution in [2.45, 2.75) is 0 Å². The lowest BCUT2D eigenvalue weighted by Gasteiger charge is -1.98. The topological polar surface area (TPSA) is 104 Å². The Morgan fingerprint density at radius 2 is 2.07 bits per heavy atom.